The first-order valence-corrected chi connectivity index (χ1v) is 6.78. The second-order valence-corrected chi connectivity index (χ2v) is 5.22. The number of alkyl halides is 3. The Balaban J connectivity index is 2.52. The van der Waals surface area contributed by atoms with Crippen LogP contribution < -0.4 is 5.73 Å². The van der Waals surface area contributed by atoms with Crippen molar-refractivity contribution in [2.45, 2.75) is 25.6 Å². The minimum atomic E-state index is -4.41. The van der Waals surface area contributed by atoms with E-state index in [0.717, 1.165) is 6.07 Å². The zero-order chi connectivity index (χ0) is 14.9. The maximum atomic E-state index is 12.9. The standard InChI is InChI=1S/C13H13BrF3N3/c1-2-11(18)12-6-19-7-20(12)8-3-4-10(14)9(5-8)13(15,16)17/h3-7,11H,2,18H2,1H3/t11-/m1/s1. The Kier molecular flexibility index (Phi) is 4.19. The monoisotopic (exact) mass is 347 g/mol. The van der Waals surface area contributed by atoms with Crippen molar-refractivity contribution >= 4 is 15.9 Å². The molecule has 7 heteroatoms. The molecule has 1 atom stereocenters. The SMILES string of the molecule is CC[C@@H](N)c1cncn1-c1ccc(Br)c(C(F)(F)F)c1. The molecule has 0 radical (unpaired) electrons. The molecule has 108 valence electrons. The average molecular weight is 348 g/mol. The van der Waals surface area contributed by atoms with Crippen LogP contribution >= 0.6 is 15.9 Å². The minimum absolute atomic E-state index is 0.00945. The van der Waals surface area contributed by atoms with Crippen molar-refractivity contribution in [3.8, 4) is 5.69 Å². The van der Waals surface area contributed by atoms with Crippen molar-refractivity contribution in [2.75, 3.05) is 0 Å². The van der Waals surface area contributed by atoms with Gasteiger partial charge in [0.2, 0.25) is 0 Å². The summed E-state index contributed by atoms with van der Waals surface area (Å²) >= 11 is 2.92. The van der Waals surface area contributed by atoms with Gasteiger partial charge in [-0.1, -0.05) is 22.9 Å². The molecule has 2 rings (SSSR count). The van der Waals surface area contributed by atoms with Crippen molar-refractivity contribution < 1.29 is 13.2 Å². The zero-order valence-electron chi connectivity index (χ0n) is 10.7. The molecule has 0 saturated heterocycles. The average Bonchev–Trinajstić information content (AvgIpc) is 2.86. The fraction of sp³-hybridized carbons (Fsp3) is 0.308. The fourth-order valence-corrected chi connectivity index (χ4v) is 2.36. The van der Waals surface area contributed by atoms with E-state index in [0.29, 0.717) is 17.8 Å². The number of halogens is 4. The summed E-state index contributed by atoms with van der Waals surface area (Å²) in [6.07, 6.45) is -0.700. The van der Waals surface area contributed by atoms with Crippen molar-refractivity contribution in [3.05, 3.63) is 46.5 Å². The summed E-state index contributed by atoms with van der Waals surface area (Å²) in [7, 11) is 0. The first kappa shape index (κ1) is 15.1. The molecule has 1 aromatic heterocycles. The first-order valence-electron chi connectivity index (χ1n) is 5.99. The van der Waals surface area contributed by atoms with Gasteiger partial charge >= 0.3 is 6.18 Å². The van der Waals surface area contributed by atoms with Gasteiger partial charge in [-0.25, -0.2) is 4.98 Å². The number of imidazole rings is 1. The lowest BCUT2D eigenvalue weighted by Gasteiger charge is -2.15. The molecule has 0 aliphatic rings. The van der Waals surface area contributed by atoms with Crippen LogP contribution in [0.25, 0.3) is 5.69 Å². The topological polar surface area (TPSA) is 43.8 Å². The largest absolute Gasteiger partial charge is 0.417 e. The van der Waals surface area contributed by atoms with Gasteiger partial charge < -0.3 is 10.3 Å². The van der Waals surface area contributed by atoms with Gasteiger partial charge in [-0.15, -0.1) is 0 Å². The fourth-order valence-electron chi connectivity index (χ4n) is 1.88. The molecule has 20 heavy (non-hydrogen) atoms. The highest BCUT2D eigenvalue weighted by molar-refractivity contribution is 9.10. The zero-order valence-corrected chi connectivity index (χ0v) is 12.2. The smallest absolute Gasteiger partial charge is 0.323 e. The Morgan fingerprint density at radius 1 is 1.40 bits per heavy atom. The molecule has 0 spiro atoms. The Morgan fingerprint density at radius 2 is 2.10 bits per heavy atom. The highest BCUT2D eigenvalue weighted by Crippen LogP contribution is 2.36. The second kappa shape index (κ2) is 5.57. The molecule has 0 aliphatic carbocycles. The normalized spacial score (nSPS) is 13.5. The van der Waals surface area contributed by atoms with E-state index in [1.54, 1.807) is 16.8 Å². The molecule has 0 bridgehead atoms. The predicted octanol–water partition coefficient (Wildman–Crippen LogP) is 4.06. The van der Waals surface area contributed by atoms with Crippen LogP contribution in [0.1, 0.15) is 30.6 Å². The van der Waals surface area contributed by atoms with Crippen LogP contribution in [0.5, 0.6) is 0 Å². The van der Waals surface area contributed by atoms with E-state index in [-0.39, 0.29) is 10.5 Å². The molecule has 0 fully saturated rings. The van der Waals surface area contributed by atoms with E-state index in [9.17, 15) is 13.2 Å². The van der Waals surface area contributed by atoms with Crippen molar-refractivity contribution in [3.63, 3.8) is 0 Å². The number of nitrogens with zero attached hydrogens (tertiary/aromatic N) is 2. The second-order valence-electron chi connectivity index (χ2n) is 4.37. The number of aromatic nitrogens is 2. The van der Waals surface area contributed by atoms with Gasteiger partial charge in [-0.2, -0.15) is 13.2 Å². The van der Waals surface area contributed by atoms with Gasteiger partial charge in [0, 0.05) is 16.2 Å². The van der Waals surface area contributed by atoms with Crippen LogP contribution in [-0.2, 0) is 6.18 Å². The molecule has 3 nitrogen and oxygen atoms in total. The van der Waals surface area contributed by atoms with E-state index in [4.69, 9.17) is 5.73 Å². The summed E-state index contributed by atoms with van der Waals surface area (Å²) in [5, 5.41) is 0. The minimum Gasteiger partial charge on any atom is -0.323 e. The molecular weight excluding hydrogens is 335 g/mol. The van der Waals surface area contributed by atoms with Gasteiger partial charge in [0.25, 0.3) is 0 Å². The van der Waals surface area contributed by atoms with Crippen LogP contribution in [0.15, 0.2) is 35.2 Å². The third kappa shape index (κ3) is 2.88. The Labute approximate surface area is 122 Å². The highest BCUT2D eigenvalue weighted by atomic mass is 79.9. The van der Waals surface area contributed by atoms with Crippen LogP contribution in [0.4, 0.5) is 13.2 Å². The summed E-state index contributed by atoms with van der Waals surface area (Å²) in [5.74, 6) is 0. The summed E-state index contributed by atoms with van der Waals surface area (Å²) in [6.45, 7) is 1.91. The lowest BCUT2D eigenvalue weighted by Crippen LogP contribution is -2.14. The Hall–Kier alpha value is -1.34. The lowest BCUT2D eigenvalue weighted by atomic mass is 10.1. The number of hydrogen-bond acceptors (Lipinski definition) is 2. The lowest BCUT2D eigenvalue weighted by molar-refractivity contribution is -0.138. The Morgan fingerprint density at radius 3 is 2.70 bits per heavy atom. The number of nitrogens with two attached hydrogens (primary N) is 1. The molecular formula is C13H13BrF3N3. The molecule has 0 amide bonds. The third-order valence-corrected chi connectivity index (χ3v) is 3.71. The van der Waals surface area contributed by atoms with Crippen LogP contribution in [0, 0.1) is 0 Å². The number of rotatable bonds is 3. The Bertz CT molecular complexity index is 607. The summed E-state index contributed by atoms with van der Waals surface area (Å²) in [5.41, 5.74) is 6.29. The van der Waals surface area contributed by atoms with Gasteiger partial charge in [0.05, 0.1) is 23.8 Å². The van der Waals surface area contributed by atoms with Gasteiger partial charge in [0.15, 0.2) is 0 Å². The van der Waals surface area contributed by atoms with E-state index in [1.165, 1.54) is 12.4 Å². The molecule has 2 N–H and O–H groups in total. The molecule has 1 aromatic carbocycles. The molecule has 0 aliphatic heterocycles. The quantitative estimate of drug-likeness (QED) is 0.909. The number of hydrogen-bond donors (Lipinski definition) is 1. The van der Waals surface area contributed by atoms with E-state index < -0.39 is 11.7 Å². The maximum absolute atomic E-state index is 12.9. The van der Waals surface area contributed by atoms with Crippen LogP contribution in [0.2, 0.25) is 0 Å². The first-order chi connectivity index (χ1) is 9.34. The molecule has 2 aromatic rings. The van der Waals surface area contributed by atoms with Gasteiger partial charge in [0.1, 0.15) is 0 Å². The third-order valence-electron chi connectivity index (χ3n) is 3.02. The summed E-state index contributed by atoms with van der Waals surface area (Å²) in [4.78, 5) is 3.97. The molecule has 0 saturated carbocycles. The van der Waals surface area contributed by atoms with Gasteiger partial charge in [-0.05, 0) is 24.6 Å². The molecule has 0 unspecified atom stereocenters. The highest BCUT2D eigenvalue weighted by Gasteiger charge is 2.33. The van der Waals surface area contributed by atoms with E-state index in [2.05, 4.69) is 20.9 Å². The maximum Gasteiger partial charge on any atom is 0.417 e. The van der Waals surface area contributed by atoms with E-state index >= 15 is 0 Å². The van der Waals surface area contributed by atoms with Crippen molar-refractivity contribution in [1.82, 2.24) is 9.55 Å². The van der Waals surface area contributed by atoms with Crippen molar-refractivity contribution in [1.29, 1.82) is 0 Å². The number of benzene rings is 1. The predicted molar refractivity (Wildman–Crippen MR) is 73.5 cm³/mol. The van der Waals surface area contributed by atoms with Crippen molar-refractivity contribution in [2.24, 2.45) is 5.73 Å². The van der Waals surface area contributed by atoms with Crippen LogP contribution in [0.3, 0.4) is 0 Å². The summed E-state index contributed by atoms with van der Waals surface area (Å²) < 4.78 is 40.3. The summed E-state index contributed by atoms with van der Waals surface area (Å²) in [6, 6.07) is 3.78. The van der Waals surface area contributed by atoms with E-state index in [1.807, 2.05) is 6.92 Å². The van der Waals surface area contributed by atoms with Crippen LogP contribution in [-0.4, -0.2) is 9.55 Å². The molecule has 1 heterocycles. The van der Waals surface area contributed by atoms with Gasteiger partial charge in [-0.3, -0.25) is 0 Å².